The highest BCUT2D eigenvalue weighted by molar-refractivity contribution is 6.10. The molecule has 0 fully saturated rings. The molecule has 3 aromatic carbocycles. The number of aromatic nitrogens is 1. The highest BCUT2D eigenvalue weighted by Gasteiger charge is 2.29. The van der Waals surface area contributed by atoms with Crippen molar-refractivity contribution in [3.63, 3.8) is 0 Å². The largest absolute Gasteiger partial charge is 0.492 e. The molecular weight excluding hydrogens is 464 g/mol. The van der Waals surface area contributed by atoms with Crippen LogP contribution in [0.15, 0.2) is 102 Å². The number of carbonyl (C=O) groups is 1. The van der Waals surface area contributed by atoms with Gasteiger partial charge in [-0.3, -0.25) is 4.79 Å². The number of nitrogens with one attached hydrogen (secondary N) is 2. The van der Waals surface area contributed by atoms with Gasteiger partial charge in [0.1, 0.15) is 18.2 Å². The quantitative estimate of drug-likeness (QED) is 0.166. The summed E-state index contributed by atoms with van der Waals surface area (Å²) in [5, 5.41) is 19.7. The van der Waals surface area contributed by atoms with E-state index in [1.165, 1.54) is 0 Å². The molecule has 1 unspecified atom stereocenters. The van der Waals surface area contributed by atoms with Crippen molar-refractivity contribution in [2.45, 2.75) is 18.8 Å². The number of fused-ring (bicyclic) bond motifs is 1. The predicted octanol–water partition coefficient (Wildman–Crippen LogP) is 5.73. The molecule has 186 valence electrons. The van der Waals surface area contributed by atoms with Crippen LogP contribution >= 0.6 is 0 Å². The van der Waals surface area contributed by atoms with Gasteiger partial charge >= 0.3 is 0 Å². The van der Waals surface area contributed by atoms with E-state index in [0.29, 0.717) is 54.3 Å². The van der Waals surface area contributed by atoms with Gasteiger partial charge in [-0.1, -0.05) is 71.9 Å². The van der Waals surface area contributed by atoms with Gasteiger partial charge in [0.25, 0.3) is 5.91 Å². The lowest BCUT2D eigenvalue weighted by molar-refractivity contribution is 0.102. The van der Waals surface area contributed by atoms with Crippen LogP contribution in [-0.2, 0) is 6.42 Å². The molecule has 7 heteroatoms. The lowest BCUT2D eigenvalue weighted by Crippen LogP contribution is -2.25. The zero-order valence-corrected chi connectivity index (χ0v) is 20.3. The van der Waals surface area contributed by atoms with E-state index in [1.54, 1.807) is 6.07 Å². The van der Waals surface area contributed by atoms with Crippen molar-refractivity contribution >= 4 is 23.1 Å². The molecule has 0 spiro atoms. The van der Waals surface area contributed by atoms with Gasteiger partial charge in [0, 0.05) is 17.7 Å². The Morgan fingerprint density at radius 2 is 1.62 bits per heavy atom. The summed E-state index contributed by atoms with van der Waals surface area (Å²) in [5.74, 6) is 1.08. The minimum atomic E-state index is -0.296. The number of rotatable bonds is 8. The van der Waals surface area contributed by atoms with Gasteiger partial charge in [-0.15, -0.1) is 0 Å². The number of hydrogen-bond donors (Lipinski definition) is 3. The number of anilines is 2. The van der Waals surface area contributed by atoms with Crippen LogP contribution < -0.4 is 15.4 Å². The fourth-order valence-corrected chi connectivity index (χ4v) is 4.54. The van der Waals surface area contributed by atoms with E-state index in [0.717, 1.165) is 17.0 Å². The zero-order chi connectivity index (χ0) is 25.5. The maximum atomic E-state index is 13.3. The van der Waals surface area contributed by atoms with Crippen LogP contribution in [0, 0.1) is 0 Å². The minimum Gasteiger partial charge on any atom is -0.492 e. The van der Waals surface area contributed by atoms with E-state index in [4.69, 9.17) is 9.72 Å². The zero-order valence-electron chi connectivity index (χ0n) is 20.3. The first-order valence-electron chi connectivity index (χ1n) is 12.3. The lowest BCUT2D eigenvalue weighted by Gasteiger charge is -2.26. The number of benzene rings is 3. The molecule has 4 aromatic rings. The Balaban J connectivity index is 1.43. The van der Waals surface area contributed by atoms with E-state index in [1.807, 2.05) is 78.9 Å². The molecule has 7 nitrogen and oxygen atoms in total. The normalized spacial score (nSPS) is 15.6. The van der Waals surface area contributed by atoms with Crippen molar-refractivity contribution in [3.05, 3.63) is 119 Å². The van der Waals surface area contributed by atoms with Crippen LogP contribution in [0.5, 0.6) is 5.75 Å². The Morgan fingerprint density at radius 3 is 2.32 bits per heavy atom. The van der Waals surface area contributed by atoms with E-state index in [-0.39, 0.29) is 11.8 Å². The molecule has 1 atom stereocenters. The highest BCUT2D eigenvalue weighted by Crippen LogP contribution is 2.34. The first-order chi connectivity index (χ1) is 18.2. The van der Waals surface area contributed by atoms with Crippen molar-refractivity contribution in [1.82, 2.24) is 4.98 Å². The smallest absolute Gasteiger partial charge is 0.259 e. The van der Waals surface area contributed by atoms with Gasteiger partial charge in [0.05, 0.1) is 23.5 Å². The van der Waals surface area contributed by atoms with E-state index in [2.05, 4.69) is 27.9 Å². The maximum Gasteiger partial charge on any atom is 0.259 e. The summed E-state index contributed by atoms with van der Waals surface area (Å²) in [6.45, 7) is 0.855. The van der Waals surface area contributed by atoms with E-state index >= 15 is 0 Å². The molecule has 3 N–H and O–H groups in total. The minimum absolute atomic E-state index is 0.130. The van der Waals surface area contributed by atoms with Gasteiger partial charge in [-0.05, 0) is 48.2 Å². The second kappa shape index (κ2) is 11.4. The van der Waals surface area contributed by atoms with Crippen LogP contribution in [0.3, 0.4) is 0 Å². The Hall–Kier alpha value is -4.65. The number of hydrogen-bond acceptors (Lipinski definition) is 6. The number of pyridine rings is 1. The third kappa shape index (κ3) is 5.78. The summed E-state index contributed by atoms with van der Waals surface area (Å²) in [5.41, 5.74) is 4.23. The molecule has 1 heterocycles. The molecule has 1 aromatic heterocycles. The Labute approximate surface area is 215 Å². The first kappa shape index (κ1) is 24.1. The maximum absolute atomic E-state index is 13.3. The molecule has 37 heavy (non-hydrogen) atoms. The van der Waals surface area contributed by atoms with E-state index < -0.39 is 0 Å². The number of para-hydroxylation sites is 2. The summed E-state index contributed by atoms with van der Waals surface area (Å²) in [7, 11) is 0. The van der Waals surface area contributed by atoms with Crippen LogP contribution in [0.1, 0.15) is 39.5 Å². The number of amides is 1. The third-order valence-electron chi connectivity index (χ3n) is 6.37. The molecule has 0 aliphatic heterocycles. The number of nitrogens with zero attached hydrogens (tertiary/aromatic N) is 2. The summed E-state index contributed by atoms with van der Waals surface area (Å²) >= 11 is 0. The predicted molar refractivity (Wildman–Crippen MR) is 145 cm³/mol. The first-order valence-corrected chi connectivity index (χ1v) is 12.3. The monoisotopic (exact) mass is 492 g/mol. The number of oxime groups is 1. The average molecular weight is 493 g/mol. The molecule has 0 saturated carbocycles. The highest BCUT2D eigenvalue weighted by atomic mass is 16.5. The standard InChI is InChI=1S/C30H28N4O3/c35-30(32-23-12-6-2-7-13-23)26-20-25-27(18-22(19-28(25)34-36)21-10-4-1-5-11-21)33-29(26)31-16-17-37-24-14-8-3-9-15-24/h1-15,20,22,36H,16-19H2,(H,31,33)(H,32,35)/b34-28+. The molecule has 1 amide bonds. The van der Waals surface area contributed by atoms with Crippen molar-refractivity contribution in [2.75, 3.05) is 23.8 Å². The van der Waals surface area contributed by atoms with Gasteiger partial charge in [0.15, 0.2) is 0 Å². The van der Waals surface area contributed by atoms with Crippen molar-refractivity contribution in [1.29, 1.82) is 0 Å². The summed E-state index contributed by atoms with van der Waals surface area (Å²) in [6, 6.07) is 30.8. The van der Waals surface area contributed by atoms with Crippen LogP contribution in [0.2, 0.25) is 0 Å². The lowest BCUT2D eigenvalue weighted by atomic mass is 9.81. The number of carbonyl (C=O) groups excluding carboxylic acids is 1. The third-order valence-corrected chi connectivity index (χ3v) is 6.37. The molecule has 5 rings (SSSR count). The molecule has 0 bridgehead atoms. The average Bonchev–Trinajstić information content (AvgIpc) is 2.95. The molecule has 1 aliphatic carbocycles. The Morgan fingerprint density at radius 1 is 0.946 bits per heavy atom. The molecule has 0 saturated heterocycles. The molecule has 1 aliphatic rings. The van der Waals surface area contributed by atoms with Crippen LogP contribution in [0.4, 0.5) is 11.5 Å². The number of ether oxygens (including phenoxy) is 1. The molecular formula is C30H28N4O3. The van der Waals surface area contributed by atoms with Gasteiger partial charge in [0.2, 0.25) is 0 Å². The fourth-order valence-electron chi connectivity index (χ4n) is 4.54. The second-order valence-corrected chi connectivity index (χ2v) is 8.85. The Bertz CT molecular complexity index is 1380. The van der Waals surface area contributed by atoms with Gasteiger partial charge in [-0.2, -0.15) is 0 Å². The summed E-state index contributed by atoms with van der Waals surface area (Å²) in [6.07, 6.45) is 1.24. The fraction of sp³-hybridized carbons (Fsp3) is 0.167. The Kier molecular flexibility index (Phi) is 7.41. The topological polar surface area (TPSA) is 95.8 Å². The van der Waals surface area contributed by atoms with E-state index in [9.17, 15) is 10.0 Å². The summed E-state index contributed by atoms with van der Waals surface area (Å²) in [4.78, 5) is 18.2. The molecule has 0 radical (unpaired) electrons. The van der Waals surface area contributed by atoms with Crippen molar-refractivity contribution in [2.24, 2.45) is 5.16 Å². The van der Waals surface area contributed by atoms with Crippen molar-refractivity contribution in [3.8, 4) is 5.75 Å². The second-order valence-electron chi connectivity index (χ2n) is 8.85. The SMILES string of the molecule is O=C(Nc1ccccc1)c1cc2c(nc1NCCOc1ccccc1)CC(c1ccccc1)C/C2=N\O. The summed E-state index contributed by atoms with van der Waals surface area (Å²) < 4.78 is 5.80. The van der Waals surface area contributed by atoms with Crippen LogP contribution in [-0.4, -0.2) is 35.0 Å². The van der Waals surface area contributed by atoms with Crippen molar-refractivity contribution < 1.29 is 14.7 Å². The van der Waals surface area contributed by atoms with Gasteiger partial charge in [-0.25, -0.2) is 4.98 Å². The van der Waals surface area contributed by atoms with Gasteiger partial charge < -0.3 is 20.6 Å². The van der Waals surface area contributed by atoms with Crippen LogP contribution in [0.25, 0.3) is 0 Å².